The number of aliphatic hydroxyl groups is 2. The predicted molar refractivity (Wildman–Crippen MR) is 119 cm³/mol. The van der Waals surface area contributed by atoms with E-state index < -0.39 is 0 Å². The number of fused-ring (bicyclic) bond motifs is 2. The van der Waals surface area contributed by atoms with Crippen LogP contribution in [-0.4, -0.2) is 58.7 Å². The van der Waals surface area contributed by atoms with Crippen LogP contribution in [0, 0.1) is 17.8 Å². The number of hydrogen-bond donors (Lipinski definition) is 2. The molecule has 5 fully saturated rings. The summed E-state index contributed by atoms with van der Waals surface area (Å²) in [5.74, 6) is 1.10. The van der Waals surface area contributed by atoms with E-state index in [9.17, 15) is 10.2 Å². The third kappa shape index (κ3) is 1.91. The van der Waals surface area contributed by atoms with Gasteiger partial charge in [-0.15, -0.1) is 0 Å². The van der Waals surface area contributed by atoms with Crippen molar-refractivity contribution in [3.05, 3.63) is 41.5 Å². The van der Waals surface area contributed by atoms with E-state index in [0.717, 1.165) is 36.7 Å². The first-order valence-electron chi connectivity index (χ1n) is 12.1. The van der Waals surface area contributed by atoms with Crippen molar-refractivity contribution in [2.24, 2.45) is 17.8 Å². The fourth-order valence-electron chi connectivity index (χ4n) is 9.42. The van der Waals surface area contributed by atoms with Crippen LogP contribution in [0.15, 0.2) is 35.9 Å². The van der Waals surface area contributed by atoms with Crippen LogP contribution in [0.1, 0.15) is 52.0 Å². The number of piperidine rings is 4. The highest BCUT2D eigenvalue weighted by Gasteiger charge is 2.82. The van der Waals surface area contributed by atoms with Crippen molar-refractivity contribution in [1.82, 2.24) is 0 Å². The lowest BCUT2D eigenvalue weighted by Crippen LogP contribution is -2.83. The summed E-state index contributed by atoms with van der Waals surface area (Å²) < 4.78 is 0.839. The number of rotatable bonds is 4. The van der Waals surface area contributed by atoms with E-state index in [1.807, 2.05) is 0 Å². The Morgan fingerprint density at radius 3 is 2.73 bits per heavy atom. The lowest BCUT2D eigenvalue weighted by molar-refractivity contribution is -1.04. The Morgan fingerprint density at radius 2 is 2.00 bits per heavy atom. The van der Waals surface area contributed by atoms with E-state index in [1.165, 1.54) is 16.8 Å². The van der Waals surface area contributed by atoms with Gasteiger partial charge < -0.3 is 15.1 Å². The number of benzene rings is 1. The molecule has 5 aliphatic heterocycles. The van der Waals surface area contributed by atoms with Crippen LogP contribution in [0.2, 0.25) is 0 Å². The summed E-state index contributed by atoms with van der Waals surface area (Å²) in [5.41, 5.74) is 3.88. The maximum atomic E-state index is 12.0. The molecule has 6 aliphatic rings. The zero-order chi connectivity index (χ0) is 21.0. The minimum absolute atomic E-state index is 0.152. The second-order valence-corrected chi connectivity index (χ2v) is 11.1. The fourth-order valence-corrected chi connectivity index (χ4v) is 9.42. The smallest absolute Gasteiger partial charge is 0.194 e. The maximum absolute atomic E-state index is 12.0. The molecule has 30 heavy (non-hydrogen) atoms. The Balaban J connectivity index is 1.55. The quantitative estimate of drug-likeness (QED) is 0.592. The van der Waals surface area contributed by atoms with E-state index in [-0.39, 0.29) is 23.8 Å². The van der Waals surface area contributed by atoms with Crippen molar-refractivity contribution in [1.29, 1.82) is 0 Å². The van der Waals surface area contributed by atoms with Gasteiger partial charge in [-0.05, 0) is 37.8 Å². The molecule has 1 unspecified atom stereocenters. The molecule has 0 radical (unpaired) electrons. The summed E-state index contributed by atoms with van der Waals surface area (Å²) in [5, 5.41) is 23.9. The van der Waals surface area contributed by atoms with Crippen LogP contribution < -0.4 is 4.90 Å². The first-order valence-corrected chi connectivity index (χ1v) is 12.1. The minimum atomic E-state index is -0.293. The summed E-state index contributed by atoms with van der Waals surface area (Å²) in [4.78, 5) is 2.48. The minimum Gasteiger partial charge on any atom is -0.392 e. The number of likely N-dealkylation sites (N-methyl/N-ethyl adjacent to an activating group) is 1. The van der Waals surface area contributed by atoms with E-state index in [2.05, 4.69) is 63.1 Å². The molecule has 7 rings (SSSR count). The molecule has 4 nitrogen and oxygen atoms in total. The van der Waals surface area contributed by atoms with Crippen molar-refractivity contribution >= 4 is 5.69 Å². The van der Waals surface area contributed by atoms with Gasteiger partial charge in [0.2, 0.25) is 0 Å². The standard InChI is InChI=1S/C26H37N2O2/c1-5-16-17-13-20-23-26(18-10-6-7-11-19(18)27(23)4)14-21(22(17)24(26)29)28(20,25(16)30)12-8-9-15(2)3/h6-7,9-11,16-17,20-25,29-30H,5,8,12-14H2,1-4H3/q+1/t16-,17+,20+,21-,22+,23-,24+,25+,26+,28?/m0/s1. The largest absolute Gasteiger partial charge is 0.392 e. The lowest BCUT2D eigenvalue weighted by Gasteiger charge is -2.68. The number of allylic oxidation sites excluding steroid dienone is 1. The molecule has 1 aromatic rings. The van der Waals surface area contributed by atoms with Crippen LogP contribution >= 0.6 is 0 Å². The second-order valence-electron chi connectivity index (χ2n) is 11.1. The van der Waals surface area contributed by atoms with E-state index in [1.54, 1.807) is 0 Å². The fraction of sp³-hybridized carbons (Fsp3) is 0.692. The van der Waals surface area contributed by atoms with Gasteiger partial charge in [-0.1, -0.05) is 36.8 Å². The summed E-state index contributed by atoms with van der Waals surface area (Å²) in [6, 6.07) is 9.89. The highest BCUT2D eigenvalue weighted by atomic mass is 16.3. The van der Waals surface area contributed by atoms with Crippen LogP contribution in [0.25, 0.3) is 0 Å². The van der Waals surface area contributed by atoms with Crippen molar-refractivity contribution in [3.8, 4) is 0 Å². The highest BCUT2D eigenvalue weighted by Crippen LogP contribution is 2.71. The van der Waals surface area contributed by atoms with Gasteiger partial charge in [-0.3, -0.25) is 4.48 Å². The van der Waals surface area contributed by atoms with Gasteiger partial charge in [0.05, 0.1) is 30.1 Å². The van der Waals surface area contributed by atoms with Gasteiger partial charge in [-0.25, -0.2) is 0 Å². The lowest BCUT2D eigenvalue weighted by atomic mass is 9.60. The summed E-state index contributed by atoms with van der Waals surface area (Å²) >= 11 is 0. The van der Waals surface area contributed by atoms with Crippen LogP contribution in [0.5, 0.6) is 0 Å². The van der Waals surface area contributed by atoms with Gasteiger partial charge in [0.1, 0.15) is 6.04 Å². The normalized spacial score (nSPS) is 49.3. The zero-order valence-corrected chi connectivity index (χ0v) is 18.8. The highest BCUT2D eigenvalue weighted by molar-refractivity contribution is 5.66. The average Bonchev–Trinajstić information content (AvgIpc) is 3.11. The molecule has 1 aliphatic carbocycles. The molecule has 5 bridgehead atoms. The third-order valence-electron chi connectivity index (χ3n) is 10.2. The van der Waals surface area contributed by atoms with E-state index in [4.69, 9.17) is 0 Å². The van der Waals surface area contributed by atoms with Gasteiger partial charge in [0, 0.05) is 43.8 Å². The van der Waals surface area contributed by atoms with Crippen molar-refractivity contribution < 1.29 is 14.7 Å². The monoisotopic (exact) mass is 409 g/mol. The number of aliphatic hydroxyl groups excluding tert-OH is 2. The van der Waals surface area contributed by atoms with Gasteiger partial charge in [-0.2, -0.15) is 0 Å². The maximum Gasteiger partial charge on any atom is 0.194 e. The number of para-hydroxylation sites is 1. The third-order valence-corrected chi connectivity index (χ3v) is 10.2. The number of quaternary nitrogens is 1. The molecule has 1 spiro atoms. The molecule has 5 heterocycles. The molecule has 0 aromatic heterocycles. The molecule has 1 aromatic carbocycles. The molecular formula is C26H37N2O2+. The molecule has 162 valence electrons. The Labute approximate surface area is 180 Å². The number of hydrogen-bond acceptors (Lipinski definition) is 3. The zero-order valence-electron chi connectivity index (χ0n) is 18.8. The first kappa shape index (κ1) is 19.3. The molecule has 1 saturated carbocycles. The SMILES string of the molecule is CC[C@H]1[C@H]2C[C@@H]3[C@@H]4N(C)c5ccccc5[C@]45C[C@@H]([C@@H]2[C@H]5O)[N+]3(CCC=C(C)C)[C@@H]1O. The molecular weight excluding hydrogens is 372 g/mol. The van der Waals surface area contributed by atoms with Gasteiger partial charge in [0.25, 0.3) is 0 Å². The summed E-state index contributed by atoms with van der Waals surface area (Å²) in [7, 11) is 2.24. The van der Waals surface area contributed by atoms with Gasteiger partial charge in [0.15, 0.2) is 6.23 Å². The molecule has 2 N–H and O–H groups in total. The molecule has 4 saturated heterocycles. The van der Waals surface area contributed by atoms with Crippen molar-refractivity contribution in [2.75, 3.05) is 18.5 Å². The Kier molecular flexibility index (Phi) is 3.94. The molecule has 0 amide bonds. The van der Waals surface area contributed by atoms with E-state index in [0.29, 0.717) is 29.8 Å². The first-order chi connectivity index (χ1) is 14.4. The Hall–Kier alpha value is -1.36. The average molecular weight is 410 g/mol. The summed E-state index contributed by atoms with van der Waals surface area (Å²) in [6.07, 6.45) is 5.99. The van der Waals surface area contributed by atoms with Crippen LogP contribution in [0.4, 0.5) is 5.69 Å². The van der Waals surface area contributed by atoms with Crippen LogP contribution in [-0.2, 0) is 5.41 Å². The number of nitrogens with zero attached hydrogens (tertiary/aromatic N) is 2. The molecule has 10 atom stereocenters. The van der Waals surface area contributed by atoms with Crippen molar-refractivity contribution in [3.63, 3.8) is 0 Å². The van der Waals surface area contributed by atoms with Crippen LogP contribution in [0.3, 0.4) is 0 Å². The second kappa shape index (κ2) is 6.11. The summed E-state index contributed by atoms with van der Waals surface area (Å²) in [6.45, 7) is 7.59. The van der Waals surface area contributed by atoms with Crippen molar-refractivity contribution in [2.45, 2.75) is 82.3 Å². The molecule has 4 heteroatoms. The van der Waals surface area contributed by atoms with Gasteiger partial charge >= 0.3 is 0 Å². The Morgan fingerprint density at radius 1 is 1.23 bits per heavy atom. The Bertz CT molecular complexity index is 910. The predicted octanol–water partition coefficient (Wildman–Crippen LogP) is 3.43. The topological polar surface area (TPSA) is 43.7 Å². The van der Waals surface area contributed by atoms with E-state index >= 15 is 0 Å². The number of anilines is 1.